The molecular weight excluding hydrogens is 452 g/mol. The molecule has 0 radical (unpaired) electrons. The maximum absolute atomic E-state index is 12.6. The third-order valence-electron chi connectivity index (χ3n) is 5.55. The molecule has 1 aromatic heterocycles. The molecule has 2 amide bonds. The van der Waals surface area contributed by atoms with Gasteiger partial charge in [-0.25, -0.2) is 9.59 Å². The zero-order valence-corrected chi connectivity index (χ0v) is 19.8. The summed E-state index contributed by atoms with van der Waals surface area (Å²) in [7, 11) is 0. The Morgan fingerprint density at radius 2 is 1.77 bits per heavy atom. The quantitative estimate of drug-likeness (QED) is 0.379. The van der Waals surface area contributed by atoms with Crippen LogP contribution in [0.3, 0.4) is 0 Å². The second-order valence-electron chi connectivity index (χ2n) is 8.51. The number of rotatable bonds is 10. The largest absolute Gasteiger partial charge is 0.484 e. The molecule has 35 heavy (non-hydrogen) atoms. The van der Waals surface area contributed by atoms with E-state index in [0.717, 1.165) is 16.5 Å². The first-order chi connectivity index (χ1) is 16.7. The van der Waals surface area contributed by atoms with Crippen molar-refractivity contribution in [2.75, 3.05) is 13.2 Å². The highest BCUT2D eigenvalue weighted by Gasteiger charge is 2.23. The maximum Gasteiger partial charge on any atom is 0.340 e. The number of hydrogen-bond donors (Lipinski definition) is 3. The Labute approximate surface area is 202 Å². The SMILES string of the molecule is Cc1c(Cc2ccccc2)c(=O)oc2cc(OCC(=O)NCC(=O)NC(C(=O)O)C(C)C)ccc12. The fourth-order valence-electron chi connectivity index (χ4n) is 3.59. The van der Waals surface area contributed by atoms with Crippen molar-refractivity contribution >= 4 is 28.8 Å². The molecule has 0 aliphatic rings. The van der Waals surface area contributed by atoms with Gasteiger partial charge in [0.2, 0.25) is 5.91 Å². The number of carbonyl (C=O) groups is 3. The van der Waals surface area contributed by atoms with E-state index in [4.69, 9.17) is 14.3 Å². The number of ether oxygens (including phenoxy) is 1. The van der Waals surface area contributed by atoms with E-state index in [1.54, 1.807) is 26.0 Å². The van der Waals surface area contributed by atoms with Crippen LogP contribution >= 0.6 is 0 Å². The molecule has 9 heteroatoms. The monoisotopic (exact) mass is 480 g/mol. The van der Waals surface area contributed by atoms with Gasteiger partial charge in [-0.2, -0.15) is 0 Å². The summed E-state index contributed by atoms with van der Waals surface area (Å²) in [6.45, 7) is 4.45. The zero-order chi connectivity index (χ0) is 25.5. The minimum absolute atomic E-state index is 0.304. The Morgan fingerprint density at radius 1 is 1.06 bits per heavy atom. The van der Waals surface area contributed by atoms with Crippen LogP contribution in [0.5, 0.6) is 5.75 Å². The fourth-order valence-corrected chi connectivity index (χ4v) is 3.59. The molecule has 0 fully saturated rings. The molecule has 0 aliphatic heterocycles. The molecule has 2 aromatic carbocycles. The van der Waals surface area contributed by atoms with E-state index >= 15 is 0 Å². The number of carboxylic acids is 1. The lowest BCUT2D eigenvalue weighted by molar-refractivity contribution is -0.143. The van der Waals surface area contributed by atoms with E-state index in [-0.39, 0.29) is 19.1 Å². The summed E-state index contributed by atoms with van der Waals surface area (Å²) < 4.78 is 11.0. The predicted octanol–water partition coefficient (Wildman–Crippen LogP) is 2.41. The summed E-state index contributed by atoms with van der Waals surface area (Å²) in [5.74, 6) is -2.31. The Hall–Kier alpha value is -4.14. The van der Waals surface area contributed by atoms with Crippen molar-refractivity contribution in [3.05, 3.63) is 75.6 Å². The second kappa shape index (κ2) is 11.3. The lowest BCUT2D eigenvalue weighted by Gasteiger charge is -2.18. The maximum atomic E-state index is 12.6. The normalized spacial score (nSPS) is 11.8. The lowest BCUT2D eigenvalue weighted by atomic mass is 10.00. The smallest absolute Gasteiger partial charge is 0.340 e. The summed E-state index contributed by atoms with van der Waals surface area (Å²) in [5.41, 5.74) is 2.31. The van der Waals surface area contributed by atoms with Gasteiger partial charge in [-0.3, -0.25) is 9.59 Å². The first-order valence-corrected chi connectivity index (χ1v) is 11.2. The van der Waals surface area contributed by atoms with Crippen LogP contribution in [-0.4, -0.2) is 42.1 Å². The van der Waals surface area contributed by atoms with Crippen LogP contribution in [0.2, 0.25) is 0 Å². The van der Waals surface area contributed by atoms with Crippen molar-refractivity contribution in [3.8, 4) is 5.75 Å². The minimum atomic E-state index is -1.15. The molecule has 3 aromatic rings. The number of carbonyl (C=O) groups excluding carboxylic acids is 2. The van der Waals surface area contributed by atoms with Crippen molar-refractivity contribution in [2.45, 2.75) is 33.2 Å². The van der Waals surface area contributed by atoms with Crippen molar-refractivity contribution in [1.29, 1.82) is 0 Å². The standard InChI is InChI=1S/C26H28N2O7/c1-15(2)24(25(31)32)28-22(29)13-27-23(30)14-34-18-9-10-19-16(3)20(26(33)35-21(19)12-18)11-17-7-5-4-6-8-17/h4-10,12,15,24H,11,13-14H2,1-3H3,(H,27,30)(H,28,29)(H,31,32). The van der Waals surface area contributed by atoms with Gasteiger partial charge in [0, 0.05) is 23.4 Å². The average molecular weight is 481 g/mol. The molecule has 0 bridgehead atoms. The Morgan fingerprint density at radius 3 is 2.43 bits per heavy atom. The van der Waals surface area contributed by atoms with Crippen LogP contribution in [-0.2, 0) is 20.8 Å². The van der Waals surface area contributed by atoms with Gasteiger partial charge < -0.3 is 24.9 Å². The number of amides is 2. The number of fused-ring (bicyclic) bond motifs is 1. The molecule has 1 unspecified atom stereocenters. The molecule has 184 valence electrons. The van der Waals surface area contributed by atoms with Gasteiger partial charge in [0.1, 0.15) is 17.4 Å². The molecular formula is C26H28N2O7. The van der Waals surface area contributed by atoms with Crippen LogP contribution in [0.25, 0.3) is 11.0 Å². The molecule has 3 rings (SSSR count). The van der Waals surface area contributed by atoms with Crippen molar-refractivity contribution < 1.29 is 28.6 Å². The van der Waals surface area contributed by atoms with Gasteiger partial charge in [0.05, 0.1) is 6.54 Å². The van der Waals surface area contributed by atoms with Crippen molar-refractivity contribution in [2.24, 2.45) is 5.92 Å². The van der Waals surface area contributed by atoms with Crippen LogP contribution < -0.4 is 21.0 Å². The zero-order valence-electron chi connectivity index (χ0n) is 19.8. The summed E-state index contributed by atoms with van der Waals surface area (Å²) in [5, 5.41) is 14.6. The third-order valence-corrected chi connectivity index (χ3v) is 5.55. The van der Waals surface area contributed by atoms with Crippen molar-refractivity contribution in [1.82, 2.24) is 10.6 Å². The number of nitrogens with one attached hydrogen (secondary N) is 2. The van der Waals surface area contributed by atoms with E-state index in [2.05, 4.69) is 10.6 Å². The van der Waals surface area contributed by atoms with E-state index in [0.29, 0.717) is 23.3 Å². The van der Waals surface area contributed by atoms with Crippen molar-refractivity contribution in [3.63, 3.8) is 0 Å². The summed E-state index contributed by atoms with van der Waals surface area (Å²) in [6, 6.07) is 13.6. The Bertz CT molecular complexity index is 1280. The van der Waals surface area contributed by atoms with Gasteiger partial charge in [0.25, 0.3) is 5.91 Å². The van der Waals surface area contributed by atoms with E-state index in [9.17, 15) is 19.2 Å². The van der Waals surface area contributed by atoms with Crippen LogP contribution in [0.1, 0.15) is 30.5 Å². The molecule has 0 saturated heterocycles. The Kier molecular flexibility index (Phi) is 8.25. The van der Waals surface area contributed by atoms with Gasteiger partial charge in [0.15, 0.2) is 6.61 Å². The molecule has 1 atom stereocenters. The molecule has 0 saturated carbocycles. The topological polar surface area (TPSA) is 135 Å². The Balaban J connectivity index is 1.60. The molecule has 1 heterocycles. The first-order valence-electron chi connectivity index (χ1n) is 11.2. The molecule has 3 N–H and O–H groups in total. The van der Waals surface area contributed by atoms with Crippen LogP contribution in [0.4, 0.5) is 0 Å². The highest BCUT2D eigenvalue weighted by atomic mass is 16.5. The van der Waals surface area contributed by atoms with Gasteiger partial charge in [-0.1, -0.05) is 44.2 Å². The molecule has 9 nitrogen and oxygen atoms in total. The van der Waals surface area contributed by atoms with Crippen LogP contribution in [0, 0.1) is 12.8 Å². The summed E-state index contributed by atoms with van der Waals surface area (Å²) in [6.07, 6.45) is 0.460. The second-order valence-corrected chi connectivity index (χ2v) is 8.51. The van der Waals surface area contributed by atoms with Gasteiger partial charge >= 0.3 is 11.6 Å². The number of aryl methyl sites for hydroxylation is 1. The molecule has 0 spiro atoms. The molecule has 0 aliphatic carbocycles. The van der Waals surface area contributed by atoms with E-state index in [1.807, 2.05) is 37.3 Å². The van der Waals surface area contributed by atoms with E-state index in [1.165, 1.54) is 6.07 Å². The number of aliphatic carboxylic acids is 1. The minimum Gasteiger partial charge on any atom is -0.484 e. The van der Waals surface area contributed by atoms with Gasteiger partial charge in [-0.15, -0.1) is 0 Å². The first kappa shape index (κ1) is 25.5. The van der Waals surface area contributed by atoms with Crippen LogP contribution in [0.15, 0.2) is 57.7 Å². The third kappa shape index (κ3) is 6.69. The summed E-state index contributed by atoms with van der Waals surface area (Å²) in [4.78, 5) is 47.7. The van der Waals surface area contributed by atoms with Gasteiger partial charge in [-0.05, 0) is 36.1 Å². The number of carboxylic acid groups (broad SMARTS) is 1. The average Bonchev–Trinajstić information content (AvgIpc) is 2.82. The number of hydrogen-bond acceptors (Lipinski definition) is 6. The summed E-state index contributed by atoms with van der Waals surface area (Å²) >= 11 is 0. The van der Waals surface area contributed by atoms with E-state index < -0.39 is 29.5 Å². The fraction of sp³-hybridized carbons (Fsp3) is 0.308. The predicted molar refractivity (Wildman–Crippen MR) is 129 cm³/mol. The lowest BCUT2D eigenvalue weighted by Crippen LogP contribution is -2.48. The number of benzene rings is 2. The highest BCUT2D eigenvalue weighted by molar-refractivity contribution is 5.88. The highest BCUT2D eigenvalue weighted by Crippen LogP contribution is 2.25.